The highest BCUT2D eigenvalue weighted by atomic mass is 16.5. The third kappa shape index (κ3) is 4.34. The van der Waals surface area contributed by atoms with Gasteiger partial charge >= 0.3 is 5.97 Å². The number of hydrogen-bond acceptors (Lipinski definition) is 4. The fourth-order valence-electron chi connectivity index (χ4n) is 2.84. The minimum atomic E-state index is -1.01. The monoisotopic (exact) mass is 367 g/mol. The number of Topliss-reactive ketones (excluding diaryl/α,β-unsaturated/α-hetero) is 1. The maximum atomic E-state index is 12.7. The van der Waals surface area contributed by atoms with Gasteiger partial charge in [0.25, 0.3) is 5.91 Å². The fourth-order valence-corrected chi connectivity index (χ4v) is 2.84. The zero-order chi connectivity index (χ0) is 19.6. The van der Waals surface area contributed by atoms with E-state index < -0.39 is 12.0 Å². The molecule has 0 aromatic heterocycles. The van der Waals surface area contributed by atoms with Crippen LogP contribution < -0.4 is 4.74 Å². The quantitative estimate of drug-likeness (QED) is 0.753. The van der Waals surface area contributed by atoms with Crippen LogP contribution >= 0.6 is 0 Å². The van der Waals surface area contributed by atoms with E-state index in [1.165, 1.54) is 18.7 Å². The van der Waals surface area contributed by atoms with Crippen LogP contribution in [0.2, 0.25) is 0 Å². The molecule has 0 bridgehead atoms. The molecule has 0 heterocycles. The van der Waals surface area contributed by atoms with Gasteiger partial charge < -0.3 is 14.7 Å². The number of amides is 1. The first-order valence-electron chi connectivity index (χ1n) is 8.81. The Morgan fingerprint density at radius 3 is 1.85 bits per heavy atom. The van der Waals surface area contributed by atoms with E-state index in [2.05, 4.69) is 0 Å². The predicted molar refractivity (Wildman–Crippen MR) is 99.3 cm³/mol. The second-order valence-corrected chi connectivity index (χ2v) is 6.66. The van der Waals surface area contributed by atoms with Crippen LogP contribution in [0.3, 0.4) is 0 Å². The molecule has 1 unspecified atom stereocenters. The van der Waals surface area contributed by atoms with Gasteiger partial charge in [0.05, 0.1) is 0 Å². The number of nitrogens with zero attached hydrogens (tertiary/aromatic N) is 1. The van der Waals surface area contributed by atoms with Crippen LogP contribution in [0.1, 0.15) is 47.4 Å². The lowest BCUT2D eigenvalue weighted by Gasteiger charge is -2.26. The number of rotatable bonds is 7. The van der Waals surface area contributed by atoms with Gasteiger partial charge in [0.2, 0.25) is 0 Å². The number of carbonyl (C=O) groups excluding carboxylic acids is 2. The lowest BCUT2D eigenvalue weighted by molar-refractivity contribution is -0.141. The van der Waals surface area contributed by atoms with Crippen molar-refractivity contribution >= 4 is 17.7 Å². The van der Waals surface area contributed by atoms with E-state index in [-0.39, 0.29) is 17.7 Å². The minimum Gasteiger partial charge on any atom is -0.480 e. The summed E-state index contributed by atoms with van der Waals surface area (Å²) in [7, 11) is 0. The molecule has 1 aliphatic carbocycles. The first-order chi connectivity index (χ1) is 12.9. The molecule has 6 nitrogen and oxygen atoms in total. The van der Waals surface area contributed by atoms with Crippen LogP contribution in [0.5, 0.6) is 11.5 Å². The first kappa shape index (κ1) is 18.6. The van der Waals surface area contributed by atoms with Gasteiger partial charge in [-0.15, -0.1) is 0 Å². The van der Waals surface area contributed by atoms with E-state index in [0.29, 0.717) is 22.6 Å². The molecule has 1 aliphatic rings. The summed E-state index contributed by atoms with van der Waals surface area (Å²) in [5, 5.41) is 9.25. The topological polar surface area (TPSA) is 83.9 Å². The van der Waals surface area contributed by atoms with E-state index in [1.54, 1.807) is 48.5 Å². The van der Waals surface area contributed by atoms with Crippen LogP contribution in [0.25, 0.3) is 0 Å². The number of carboxylic acid groups (broad SMARTS) is 1. The van der Waals surface area contributed by atoms with Crippen molar-refractivity contribution in [3.05, 3.63) is 59.7 Å². The molecular formula is C21H21NO5. The minimum absolute atomic E-state index is 0.000632. The molecule has 2 aromatic rings. The molecule has 1 saturated carbocycles. The average Bonchev–Trinajstić information content (AvgIpc) is 3.47. The molecule has 1 fully saturated rings. The van der Waals surface area contributed by atoms with E-state index in [1.807, 2.05) is 0 Å². The van der Waals surface area contributed by atoms with Gasteiger partial charge in [-0.3, -0.25) is 9.59 Å². The largest absolute Gasteiger partial charge is 0.480 e. The Labute approximate surface area is 157 Å². The standard InChI is InChI=1S/C21H21NO5/c1-13(21(25)26)22(17-7-8-17)20(24)16-5-11-19(12-6-16)27-18-9-3-15(4-10-18)14(2)23/h3-6,9-13,17H,7-8H2,1-2H3,(H,25,26). The molecular weight excluding hydrogens is 346 g/mol. The summed E-state index contributed by atoms with van der Waals surface area (Å²) in [5.41, 5.74) is 1.03. The first-order valence-corrected chi connectivity index (χ1v) is 8.81. The van der Waals surface area contributed by atoms with Crippen molar-refractivity contribution < 1.29 is 24.2 Å². The van der Waals surface area contributed by atoms with Gasteiger partial charge in [0.1, 0.15) is 17.5 Å². The van der Waals surface area contributed by atoms with Crippen molar-refractivity contribution in [2.45, 2.75) is 38.8 Å². The molecule has 0 saturated heterocycles. The number of ketones is 1. The van der Waals surface area contributed by atoms with Gasteiger partial charge in [-0.1, -0.05) is 0 Å². The second kappa shape index (κ2) is 7.61. The number of aliphatic carboxylic acids is 1. The molecule has 1 N–H and O–H groups in total. The molecule has 0 aliphatic heterocycles. The summed E-state index contributed by atoms with van der Waals surface area (Å²) in [5.74, 6) is -0.182. The highest BCUT2D eigenvalue weighted by molar-refractivity contribution is 5.97. The molecule has 140 valence electrons. The van der Waals surface area contributed by atoms with Crippen LogP contribution in [0.15, 0.2) is 48.5 Å². The summed E-state index contributed by atoms with van der Waals surface area (Å²) in [6.07, 6.45) is 1.67. The third-order valence-corrected chi connectivity index (χ3v) is 4.55. The molecule has 0 spiro atoms. The summed E-state index contributed by atoms with van der Waals surface area (Å²) < 4.78 is 5.72. The van der Waals surface area contributed by atoms with Crippen molar-refractivity contribution in [1.82, 2.24) is 4.90 Å². The zero-order valence-corrected chi connectivity index (χ0v) is 15.2. The molecule has 27 heavy (non-hydrogen) atoms. The van der Waals surface area contributed by atoms with E-state index in [4.69, 9.17) is 4.74 Å². The van der Waals surface area contributed by atoms with Crippen molar-refractivity contribution in [2.24, 2.45) is 0 Å². The highest BCUT2D eigenvalue weighted by Crippen LogP contribution is 2.31. The van der Waals surface area contributed by atoms with Gasteiger partial charge in [-0.25, -0.2) is 4.79 Å². The lowest BCUT2D eigenvalue weighted by atomic mass is 10.1. The van der Waals surface area contributed by atoms with Crippen LogP contribution in [0.4, 0.5) is 0 Å². The number of ether oxygens (including phenoxy) is 1. The van der Waals surface area contributed by atoms with Gasteiger partial charge in [0.15, 0.2) is 5.78 Å². The summed E-state index contributed by atoms with van der Waals surface area (Å²) in [4.78, 5) is 36.8. The average molecular weight is 367 g/mol. The number of hydrogen-bond donors (Lipinski definition) is 1. The molecule has 1 atom stereocenters. The molecule has 6 heteroatoms. The molecule has 3 rings (SSSR count). The Kier molecular flexibility index (Phi) is 5.26. The molecule has 2 aromatic carbocycles. The Bertz CT molecular complexity index is 853. The van der Waals surface area contributed by atoms with Crippen molar-refractivity contribution in [3.63, 3.8) is 0 Å². The second-order valence-electron chi connectivity index (χ2n) is 6.66. The predicted octanol–water partition coefficient (Wildman–Crippen LogP) is 3.76. The normalized spacial score (nSPS) is 14.3. The number of benzene rings is 2. The van der Waals surface area contributed by atoms with E-state index in [9.17, 15) is 19.5 Å². The van der Waals surface area contributed by atoms with Crippen molar-refractivity contribution in [1.29, 1.82) is 0 Å². The zero-order valence-electron chi connectivity index (χ0n) is 15.2. The van der Waals surface area contributed by atoms with Gasteiger partial charge in [-0.2, -0.15) is 0 Å². The fraction of sp³-hybridized carbons (Fsp3) is 0.286. The summed E-state index contributed by atoms with van der Waals surface area (Å²) >= 11 is 0. The maximum Gasteiger partial charge on any atom is 0.326 e. The lowest BCUT2D eigenvalue weighted by Crippen LogP contribution is -2.44. The number of carboxylic acids is 1. The van der Waals surface area contributed by atoms with Gasteiger partial charge in [-0.05, 0) is 75.2 Å². The van der Waals surface area contributed by atoms with E-state index in [0.717, 1.165) is 12.8 Å². The van der Waals surface area contributed by atoms with Crippen LogP contribution in [-0.2, 0) is 4.79 Å². The van der Waals surface area contributed by atoms with Crippen molar-refractivity contribution in [2.75, 3.05) is 0 Å². The third-order valence-electron chi connectivity index (χ3n) is 4.55. The SMILES string of the molecule is CC(=O)c1ccc(Oc2ccc(C(=O)N(C3CC3)C(C)C(=O)O)cc2)cc1. The molecule has 1 amide bonds. The smallest absolute Gasteiger partial charge is 0.326 e. The van der Waals surface area contributed by atoms with Crippen LogP contribution in [-0.4, -0.2) is 39.7 Å². The van der Waals surface area contributed by atoms with Gasteiger partial charge in [0, 0.05) is 17.2 Å². The Balaban J connectivity index is 1.71. The Morgan fingerprint density at radius 2 is 1.44 bits per heavy atom. The maximum absolute atomic E-state index is 12.7. The van der Waals surface area contributed by atoms with Crippen LogP contribution in [0, 0.1) is 0 Å². The van der Waals surface area contributed by atoms with Crippen molar-refractivity contribution in [3.8, 4) is 11.5 Å². The van der Waals surface area contributed by atoms with E-state index >= 15 is 0 Å². The highest BCUT2D eigenvalue weighted by Gasteiger charge is 2.38. The summed E-state index contributed by atoms with van der Waals surface area (Å²) in [6.45, 7) is 3.03. The molecule has 0 radical (unpaired) electrons. The summed E-state index contributed by atoms with van der Waals surface area (Å²) in [6, 6.07) is 12.5. The number of carbonyl (C=O) groups is 3. The Hall–Kier alpha value is -3.15. The Morgan fingerprint density at radius 1 is 0.963 bits per heavy atom.